The molecule has 2 heterocycles. The quantitative estimate of drug-likeness (QED) is 0.754. The molecule has 0 bridgehead atoms. The van der Waals surface area contributed by atoms with E-state index in [0.717, 1.165) is 38.0 Å². The Kier molecular flexibility index (Phi) is 4.89. The van der Waals surface area contributed by atoms with Crippen molar-refractivity contribution in [1.82, 2.24) is 9.47 Å². The van der Waals surface area contributed by atoms with Crippen molar-refractivity contribution in [3.05, 3.63) is 70.7 Å². The zero-order valence-electron chi connectivity index (χ0n) is 15.7. The molecule has 0 spiro atoms. The Labute approximate surface area is 158 Å². The molecule has 0 saturated carbocycles. The zero-order valence-corrected chi connectivity index (χ0v) is 15.7. The highest BCUT2D eigenvalue weighted by atomic mass is 16.4. The first-order chi connectivity index (χ1) is 13.0. The summed E-state index contributed by atoms with van der Waals surface area (Å²) in [6.07, 6.45) is 1.60. The van der Waals surface area contributed by atoms with Crippen molar-refractivity contribution in [3.63, 3.8) is 0 Å². The van der Waals surface area contributed by atoms with Crippen LogP contribution in [0.15, 0.2) is 63.8 Å². The Morgan fingerprint density at radius 1 is 1.11 bits per heavy atom. The van der Waals surface area contributed by atoms with Crippen LogP contribution < -0.4 is 5.76 Å². The average molecular weight is 366 g/mol. The van der Waals surface area contributed by atoms with Gasteiger partial charge in [0.25, 0.3) is 0 Å². The van der Waals surface area contributed by atoms with Gasteiger partial charge in [-0.3, -0.25) is 4.57 Å². The first-order valence-electron chi connectivity index (χ1n) is 9.60. The van der Waals surface area contributed by atoms with E-state index in [1.54, 1.807) is 4.57 Å². The molecule has 27 heavy (non-hydrogen) atoms. The van der Waals surface area contributed by atoms with E-state index >= 15 is 0 Å². The fourth-order valence-electron chi connectivity index (χ4n) is 4.04. The number of para-hydroxylation sites is 2. The van der Waals surface area contributed by atoms with E-state index in [2.05, 4.69) is 17.0 Å². The molecular formula is C22H26N2O3. The van der Waals surface area contributed by atoms with E-state index in [4.69, 9.17) is 4.42 Å². The minimum absolute atomic E-state index is 0.173. The van der Waals surface area contributed by atoms with Gasteiger partial charge in [-0.25, -0.2) is 4.79 Å². The average Bonchev–Trinajstić information content (AvgIpc) is 2.98. The smallest absolute Gasteiger partial charge is 0.408 e. The second kappa shape index (κ2) is 7.33. The van der Waals surface area contributed by atoms with Gasteiger partial charge in [0.05, 0.1) is 11.1 Å². The minimum Gasteiger partial charge on any atom is -0.408 e. The number of piperidine rings is 1. The Morgan fingerprint density at radius 3 is 2.67 bits per heavy atom. The lowest BCUT2D eigenvalue weighted by molar-refractivity contribution is -0.0579. The summed E-state index contributed by atoms with van der Waals surface area (Å²) < 4.78 is 7.02. The molecule has 0 amide bonds. The Balaban J connectivity index is 1.45. The van der Waals surface area contributed by atoms with Crippen LogP contribution in [0.2, 0.25) is 0 Å². The van der Waals surface area contributed by atoms with Crippen LogP contribution in [0, 0.1) is 5.92 Å². The van der Waals surface area contributed by atoms with Crippen LogP contribution in [-0.2, 0) is 13.0 Å². The summed E-state index contributed by atoms with van der Waals surface area (Å²) in [4.78, 5) is 14.5. The van der Waals surface area contributed by atoms with Crippen LogP contribution in [0.3, 0.4) is 0 Å². The second-order valence-corrected chi connectivity index (χ2v) is 7.78. The summed E-state index contributed by atoms with van der Waals surface area (Å²) >= 11 is 0. The van der Waals surface area contributed by atoms with Crippen LogP contribution in [0.1, 0.15) is 18.9 Å². The molecule has 1 aromatic heterocycles. The molecule has 2 atom stereocenters. The molecule has 3 aromatic rings. The molecule has 1 fully saturated rings. The van der Waals surface area contributed by atoms with Crippen molar-refractivity contribution in [2.45, 2.75) is 31.9 Å². The number of nitrogens with zero attached hydrogens (tertiary/aromatic N) is 2. The fraction of sp³-hybridized carbons (Fsp3) is 0.409. The highest BCUT2D eigenvalue weighted by Gasteiger charge is 2.37. The normalized spacial score (nSPS) is 23.7. The van der Waals surface area contributed by atoms with Gasteiger partial charge in [0.15, 0.2) is 5.58 Å². The maximum absolute atomic E-state index is 12.2. The molecule has 5 heteroatoms. The van der Waals surface area contributed by atoms with Crippen LogP contribution >= 0.6 is 0 Å². The highest BCUT2D eigenvalue weighted by molar-refractivity contribution is 5.72. The number of rotatable bonds is 5. The van der Waals surface area contributed by atoms with E-state index in [1.807, 2.05) is 49.4 Å². The number of hydrogen-bond donors (Lipinski definition) is 1. The van der Waals surface area contributed by atoms with Gasteiger partial charge in [-0.05, 0) is 37.5 Å². The largest absolute Gasteiger partial charge is 0.419 e. The lowest BCUT2D eigenvalue weighted by atomic mass is 9.79. The Bertz CT molecular complexity index is 958. The third-order valence-corrected chi connectivity index (χ3v) is 5.83. The molecule has 0 unspecified atom stereocenters. The topological polar surface area (TPSA) is 58.6 Å². The first-order valence-corrected chi connectivity index (χ1v) is 9.60. The molecule has 1 aliphatic heterocycles. The molecular weight excluding hydrogens is 340 g/mol. The predicted molar refractivity (Wildman–Crippen MR) is 106 cm³/mol. The van der Waals surface area contributed by atoms with Crippen LogP contribution in [-0.4, -0.2) is 39.8 Å². The summed E-state index contributed by atoms with van der Waals surface area (Å²) in [6, 6.07) is 17.9. The van der Waals surface area contributed by atoms with E-state index < -0.39 is 5.60 Å². The highest BCUT2D eigenvalue weighted by Crippen LogP contribution is 2.30. The zero-order chi connectivity index (χ0) is 18.9. The molecule has 4 rings (SSSR count). The van der Waals surface area contributed by atoms with E-state index in [9.17, 15) is 9.90 Å². The van der Waals surface area contributed by atoms with Gasteiger partial charge in [-0.2, -0.15) is 0 Å². The van der Waals surface area contributed by atoms with Gasteiger partial charge < -0.3 is 14.4 Å². The summed E-state index contributed by atoms with van der Waals surface area (Å²) in [5, 5.41) is 10.9. The van der Waals surface area contributed by atoms with E-state index in [-0.39, 0.29) is 11.7 Å². The van der Waals surface area contributed by atoms with Gasteiger partial charge in [0.1, 0.15) is 0 Å². The van der Waals surface area contributed by atoms with Crippen molar-refractivity contribution in [2.24, 2.45) is 5.92 Å². The number of fused-ring (bicyclic) bond motifs is 1. The third-order valence-electron chi connectivity index (χ3n) is 5.83. The fourth-order valence-corrected chi connectivity index (χ4v) is 4.04. The number of aromatic nitrogens is 1. The van der Waals surface area contributed by atoms with E-state index in [0.29, 0.717) is 12.1 Å². The summed E-state index contributed by atoms with van der Waals surface area (Å²) in [5.74, 6) is -0.132. The predicted octanol–water partition coefficient (Wildman–Crippen LogP) is 2.91. The lowest BCUT2D eigenvalue weighted by Gasteiger charge is -2.43. The van der Waals surface area contributed by atoms with Crippen LogP contribution in [0.5, 0.6) is 0 Å². The number of aliphatic hydroxyl groups is 1. The first kappa shape index (κ1) is 18.0. The number of likely N-dealkylation sites (tertiary alicyclic amines) is 1. The molecule has 0 aliphatic carbocycles. The Morgan fingerprint density at radius 2 is 1.85 bits per heavy atom. The molecule has 1 saturated heterocycles. The Hall–Kier alpha value is -2.37. The number of hydrogen-bond acceptors (Lipinski definition) is 4. The summed E-state index contributed by atoms with van der Waals surface area (Å²) in [5.41, 5.74) is 2.06. The minimum atomic E-state index is -0.661. The third kappa shape index (κ3) is 3.84. The lowest BCUT2D eigenvalue weighted by Crippen LogP contribution is -2.51. The van der Waals surface area contributed by atoms with Gasteiger partial charge in [-0.15, -0.1) is 0 Å². The maximum atomic E-state index is 12.2. The van der Waals surface area contributed by atoms with Gasteiger partial charge in [0.2, 0.25) is 0 Å². The standard InChI is InChI=1S/C22H26N2O3/c1-22(26)11-12-23(16-18(22)15-17-7-3-2-4-8-17)13-14-24-19-9-5-6-10-20(19)27-21(24)25/h2-10,18,26H,11-16H2,1H3/t18-,22+/m0/s1. The van der Waals surface area contributed by atoms with E-state index in [1.165, 1.54) is 5.56 Å². The van der Waals surface area contributed by atoms with Crippen molar-refractivity contribution in [3.8, 4) is 0 Å². The monoisotopic (exact) mass is 366 g/mol. The molecule has 1 aliphatic rings. The SMILES string of the molecule is C[C@@]1(O)CCN(CCn2c(=O)oc3ccccc32)C[C@@H]1Cc1ccccc1. The van der Waals surface area contributed by atoms with Gasteiger partial charge >= 0.3 is 5.76 Å². The molecule has 0 radical (unpaired) electrons. The number of oxazole rings is 1. The van der Waals surface area contributed by atoms with Crippen LogP contribution in [0.4, 0.5) is 0 Å². The summed E-state index contributed by atoms with van der Waals surface area (Å²) in [7, 11) is 0. The van der Waals surface area contributed by atoms with Crippen molar-refractivity contribution >= 4 is 11.1 Å². The molecule has 2 aromatic carbocycles. The van der Waals surface area contributed by atoms with Crippen molar-refractivity contribution in [2.75, 3.05) is 19.6 Å². The second-order valence-electron chi connectivity index (χ2n) is 7.78. The molecule has 5 nitrogen and oxygen atoms in total. The van der Waals surface area contributed by atoms with Crippen molar-refractivity contribution in [1.29, 1.82) is 0 Å². The van der Waals surface area contributed by atoms with Crippen LogP contribution in [0.25, 0.3) is 11.1 Å². The summed E-state index contributed by atoms with van der Waals surface area (Å²) in [6.45, 7) is 4.97. The molecule has 1 N–H and O–H groups in total. The van der Waals surface area contributed by atoms with Gasteiger partial charge in [-0.1, -0.05) is 42.5 Å². The maximum Gasteiger partial charge on any atom is 0.419 e. The molecule has 142 valence electrons. The van der Waals surface area contributed by atoms with Crippen molar-refractivity contribution < 1.29 is 9.52 Å². The van der Waals surface area contributed by atoms with Gasteiger partial charge in [0, 0.05) is 32.1 Å². The number of benzene rings is 2.